The fraction of sp³-hybridized carbons (Fsp3) is 0.750. The molecular formula is C8H12BrN3OS. The van der Waals surface area contributed by atoms with Gasteiger partial charge in [0.1, 0.15) is 5.01 Å². The van der Waals surface area contributed by atoms with E-state index < -0.39 is 0 Å². The maximum atomic E-state index is 5.55. The molecule has 0 aliphatic carbocycles. The summed E-state index contributed by atoms with van der Waals surface area (Å²) in [7, 11) is 0. The molecule has 78 valence electrons. The summed E-state index contributed by atoms with van der Waals surface area (Å²) in [6.45, 7) is 4.57. The Kier molecular flexibility index (Phi) is 3.35. The van der Waals surface area contributed by atoms with E-state index in [2.05, 4.69) is 31.0 Å². The number of rotatable bonds is 2. The fourth-order valence-electron chi connectivity index (χ4n) is 1.40. The number of hydrogen-bond acceptors (Lipinski definition) is 5. The average Bonchev–Trinajstić information content (AvgIpc) is 2.65. The van der Waals surface area contributed by atoms with Gasteiger partial charge in [0, 0.05) is 18.4 Å². The zero-order valence-corrected chi connectivity index (χ0v) is 10.3. The van der Waals surface area contributed by atoms with Gasteiger partial charge in [-0.25, -0.2) is 0 Å². The summed E-state index contributed by atoms with van der Waals surface area (Å²) >= 11 is 5.07. The topological polar surface area (TPSA) is 38.2 Å². The van der Waals surface area contributed by atoms with Gasteiger partial charge in [0.15, 0.2) is 0 Å². The molecule has 1 aliphatic rings. The zero-order valence-electron chi connectivity index (χ0n) is 7.94. The fourth-order valence-corrected chi connectivity index (χ4v) is 2.51. The number of hydrogen-bond donors (Lipinski definition) is 0. The standard InChI is InChI=1S/C8H12BrN3OS/c1-6-10-11-8(14-6)12-2-3-13-7(4-9)5-12/h7H,2-5H2,1H3. The molecule has 1 unspecified atom stereocenters. The van der Waals surface area contributed by atoms with Crippen molar-refractivity contribution in [1.82, 2.24) is 10.2 Å². The van der Waals surface area contributed by atoms with E-state index in [1.54, 1.807) is 11.3 Å². The summed E-state index contributed by atoms with van der Waals surface area (Å²) in [6, 6.07) is 0. The number of ether oxygens (including phenoxy) is 1. The lowest BCUT2D eigenvalue weighted by Crippen LogP contribution is -2.43. The normalized spacial score (nSPS) is 22.7. The van der Waals surface area contributed by atoms with E-state index in [1.807, 2.05) is 6.92 Å². The first-order valence-corrected chi connectivity index (χ1v) is 6.46. The van der Waals surface area contributed by atoms with Crippen molar-refractivity contribution >= 4 is 32.4 Å². The maximum Gasteiger partial charge on any atom is 0.208 e. The van der Waals surface area contributed by atoms with Crippen molar-refractivity contribution in [2.45, 2.75) is 13.0 Å². The second kappa shape index (κ2) is 4.55. The zero-order chi connectivity index (χ0) is 9.97. The van der Waals surface area contributed by atoms with Crippen LogP contribution in [-0.2, 0) is 4.74 Å². The Balaban J connectivity index is 2.04. The number of morpholine rings is 1. The highest BCUT2D eigenvalue weighted by Crippen LogP contribution is 2.21. The third kappa shape index (κ3) is 2.24. The lowest BCUT2D eigenvalue weighted by Gasteiger charge is -2.31. The quantitative estimate of drug-likeness (QED) is 0.767. The van der Waals surface area contributed by atoms with Crippen molar-refractivity contribution in [2.24, 2.45) is 0 Å². The van der Waals surface area contributed by atoms with Crippen molar-refractivity contribution in [3.8, 4) is 0 Å². The largest absolute Gasteiger partial charge is 0.374 e. The molecular weight excluding hydrogens is 266 g/mol. The summed E-state index contributed by atoms with van der Waals surface area (Å²) in [5.74, 6) is 0. The predicted molar refractivity (Wildman–Crippen MR) is 60.4 cm³/mol. The smallest absolute Gasteiger partial charge is 0.208 e. The summed E-state index contributed by atoms with van der Waals surface area (Å²) in [5.41, 5.74) is 0. The monoisotopic (exact) mass is 277 g/mol. The first kappa shape index (κ1) is 10.3. The van der Waals surface area contributed by atoms with Crippen LogP contribution in [-0.4, -0.2) is 41.3 Å². The summed E-state index contributed by atoms with van der Waals surface area (Å²) in [4.78, 5) is 2.24. The number of alkyl halides is 1. The first-order valence-electron chi connectivity index (χ1n) is 4.52. The van der Waals surface area contributed by atoms with E-state index in [0.717, 1.165) is 35.2 Å². The van der Waals surface area contributed by atoms with Gasteiger partial charge in [-0.15, -0.1) is 10.2 Å². The molecule has 1 fully saturated rings. The second-order valence-corrected chi connectivity index (χ2v) is 5.00. The van der Waals surface area contributed by atoms with Crippen LogP contribution in [0.3, 0.4) is 0 Å². The molecule has 4 nitrogen and oxygen atoms in total. The lowest BCUT2D eigenvalue weighted by molar-refractivity contribution is 0.0570. The van der Waals surface area contributed by atoms with Crippen LogP contribution in [0.4, 0.5) is 5.13 Å². The van der Waals surface area contributed by atoms with Crippen molar-refractivity contribution < 1.29 is 4.74 Å². The predicted octanol–water partition coefficient (Wildman–Crippen LogP) is 1.45. The molecule has 0 saturated carbocycles. The van der Waals surface area contributed by atoms with Gasteiger partial charge in [0.25, 0.3) is 0 Å². The minimum atomic E-state index is 0.271. The Morgan fingerprint density at radius 3 is 3.14 bits per heavy atom. The third-order valence-corrected chi connectivity index (χ3v) is 3.72. The van der Waals surface area contributed by atoms with E-state index in [1.165, 1.54) is 0 Å². The highest BCUT2D eigenvalue weighted by atomic mass is 79.9. The Morgan fingerprint density at radius 2 is 2.50 bits per heavy atom. The summed E-state index contributed by atoms with van der Waals surface area (Å²) in [5, 5.41) is 11.1. The molecule has 2 heterocycles. The van der Waals surface area contributed by atoms with Crippen molar-refractivity contribution in [2.75, 3.05) is 29.9 Å². The number of nitrogens with zero attached hydrogens (tertiary/aromatic N) is 3. The highest BCUT2D eigenvalue weighted by molar-refractivity contribution is 9.09. The maximum absolute atomic E-state index is 5.55. The molecule has 0 bridgehead atoms. The van der Waals surface area contributed by atoms with Crippen LogP contribution >= 0.6 is 27.3 Å². The Hall–Kier alpha value is -0.200. The van der Waals surface area contributed by atoms with Crippen molar-refractivity contribution in [3.05, 3.63) is 5.01 Å². The second-order valence-electron chi connectivity index (χ2n) is 3.20. The summed E-state index contributed by atoms with van der Waals surface area (Å²) in [6.07, 6.45) is 0.271. The molecule has 1 aromatic rings. The van der Waals surface area contributed by atoms with Gasteiger partial charge in [-0.1, -0.05) is 27.3 Å². The molecule has 0 amide bonds. The minimum absolute atomic E-state index is 0.271. The molecule has 1 atom stereocenters. The molecule has 2 rings (SSSR count). The van der Waals surface area contributed by atoms with Crippen LogP contribution in [0, 0.1) is 6.92 Å². The first-order chi connectivity index (χ1) is 6.79. The molecule has 0 N–H and O–H groups in total. The number of aryl methyl sites for hydroxylation is 1. The van der Waals surface area contributed by atoms with Gasteiger partial charge in [-0.2, -0.15) is 0 Å². The SMILES string of the molecule is Cc1nnc(N2CCOC(CBr)C2)s1. The van der Waals surface area contributed by atoms with Gasteiger partial charge in [-0.05, 0) is 6.92 Å². The highest BCUT2D eigenvalue weighted by Gasteiger charge is 2.21. The van der Waals surface area contributed by atoms with Gasteiger partial charge in [0.05, 0.1) is 12.7 Å². The van der Waals surface area contributed by atoms with Gasteiger partial charge >= 0.3 is 0 Å². The number of anilines is 1. The molecule has 14 heavy (non-hydrogen) atoms. The van der Waals surface area contributed by atoms with Gasteiger partial charge < -0.3 is 9.64 Å². The molecule has 0 aromatic carbocycles. The molecule has 0 radical (unpaired) electrons. The molecule has 1 saturated heterocycles. The van der Waals surface area contributed by atoms with Gasteiger partial charge in [-0.3, -0.25) is 0 Å². The number of halogens is 1. The summed E-state index contributed by atoms with van der Waals surface area (Å²) < 4.78 is 5.55. The average molecular weight is 278 g/mol. The Labute approximate surface area is 95.4 Å². The Bertz CT molecular complexity index is 307. The van der Waals surface area contributed by atoms with E-state index in [9.17, 15) is 0 Å². The van der Waals surface area contributed by atoms with Crippen molar-refractivity contribution in [1.29, 1.82) is 0 Å². The molecule has 6 heteroatoms. The van der Waals surface area contributed by atoms with Crippen LogP contribution in [0.25, 0.3) is 0 Å². The van der Waals surface area contributed by atoms with E-state index in [-0.39, 0.29) is 6.10 Å². The van der Waals surface area contributed by atoms with E-state index in [4.69, 9.17) is 4.74 Å². The van der Waals surface area contributed by atoms with Crippen molar-refractivity contribution in [3.63, 3.8) is 0 Å². The van der Waals surface area contributed by atoms with Gasteiger partial charge in [0.2, 0.25) is 5.13 Å². The van der Waals surface area contributed by atoms with E-state index in [0.29, 0.717) is 0 Å². The molecule has 1 aromatic heterocycles. The molecule has 1 aliphatic heterocycles. The molecule has 0 spiro atoms. The van der Waals surface area contributed by atoms with Crippen LogP contribution < -0.4 is 4.90 Å². The van der Waals surface area contributed by atoms with Crippen LogP contribution in [0.1, 0.15) is 5.01 Å². The van der Waals surface area contributed by atoms with Crippen LogP contribution in [0.5, 0.6) is 0 Å². The minimum Gasteiger partial charge on any atom is -0.374 e. The number of aromatic nitrogens is 2. The lowest BCUT2D eigenvalue weighted by atomic mass is 10.3. The third-order valence-electron chi connectivity index (χ3n) is 2.10. The van der Waals surface area contributed by atoms with Crippen LogP contribution in [0.15, 0.2) is 0 Å². The van der Waals surface area contributed by atoms with E-state index >= 15 is 0 Å². The Morgan fingerprint density at radius 1 is 1.64 bits per heavy atom. The van der Waals surface area contributed by atoms with Crippen LogP contribution in [0.2, 0.25) is 0 Å².